The summed E-state index contributed by atoms with van der Waals surface area (Å²) in [4.78, 5) is 38.3. The van der Waals surface area contributed by atoms with Crippen LogP contribution in [0.1, 0.15) is 387 Å². The molecule has 0 heterocycles. The van der Waals surface area contributed by atoms with Gasteiger partial charge in [0.15, 0.2) is 6.10 Å². The van der Waals surface area contributed by atoms with Gasteiger partial charge in [-0.1, -0.05) is 327 Å². The smallest absolute Gasteiger partial charge is 0.306 e. The van der Waals surface area contributed by atoms with Crippen molar-refractivity contribution < 1.29 is 28.6 Å². The number of unbranched alkanes of at least 4 members (excludes halogenated alkanes) is 48. The maximum atomic E-state index is 12.9. The number of allylic oxidation sites excluding steroid dienone is 6. The average Bonchev–Trinajstić information content (AvgIpc) is 3.44. The van der Waals surface area contributed by atoms with Crippen LogP contribution in [0.4, 0.5) is 0 Å². The number of rotatable bonds is 65. The Hall–Kier alpha value is -2.37. The summed E-state index contributed by atoms with van der Waals surface area (Å²) in [5, 5.41) is 0. The molecule has 0 radical (unpaired) electrons. The summed E-state index contributed by atoms with van der Waals surface area (Å²) < 4.78 is 16.9. The van der Waals surface area contributed by atoms with Crippen molar-refractivity contribution in [3.05, 3.63) is 36.5 Å². The lowest BCUT2D eigenvalue weighted by atomic mass is 10.0. The van der Waals surface area contributed by atoms with Crippen molar-refractivity contribution >= 4 is 17.9 Å². The first-order chi connectivity index (χ1) is 38.5. The fourth-order valence-corrected chi connectivity index (χ4v) is 10.6. The van der Waals surface area contributed by atoms with E-state index in [1.807, 2.05) is 0 Å². The molecule has 0 amide bonds. The summed E-state index contributed by atoms with van der Waals surface area (Å²) in [6.07, 6.45) is 83.3. The van der Waals surface area contributed by atoms with Gasteiger partial charge in [0.05, 0.1) is 0 Å². The van der Waals surface area contributed by atoms with E-state index in [2.05, 4.69) is 57.2 Å². The number of hydrogen-bond donors (Lipinski definition) is 0. The zero-order valence-corrected chi connectivity index (χ0v) is 52.7. The van der Waals surface area contributed by atoms with Gasteiger partial charge in [0, 0.05) is 19.3 Å². The molecule has 0 rings (SSSR count). The Morgan fingerprint density at radius 3 is 0.718 bits per heavy atom. The Balaban J connectivity index is 4.07. The summed E-state index contributed by atoms with van der Waals surface area (Å²) in [5.74, 6) is -0.851. The molecule has 0 bridgehead atoms. The van der Waals surface area contributed by atoms with Crippen LogP contribution in [0.5, 0.6) is 0 Å². The molecule has 6 nitrogen and oxygen atoms in total. The van der Waals surface area contributed by atoms with Crippen LogP contribution in [-0.4, -0.2) is 37.2 Å². The summed E-state index contributed by atoms with van der Waals surface area (Å²) in [7, 11) is 0. The predicted molar refractivity (Wildman–Crippen MR) is 339 cm³/mol. The first kappa shape index (κ1) is 75.6. The van der Waals surface area contributed by atoms with Crippen LogP contribution in [0.3, 0.4) is 0 Å². The Morgan fingerprint density at radius 2 is 0.462 bits per heavy atom. The number of carbonyl (C=O) groups is 3. The number of ether oxygens (including phenoxy) is 3. The SMILES string of the molecule is CCCCCCC/C=C\C/C=C\CCCCCCCCCCCCCCCCCCCCCCCC(=O)OCC(COC(=O)CCCCCCCCCCCCCCC)OC(=O)CCCCCCC/C=C\CCCCCCC. The van der Waals surface area contributed by atoms with Crippen molar-refractivity contribution in [2.24, 2.45) is 0 Å². The first-order valence-electron chi connectivity index (χ1n) is 35.0. The van der Waals surface area contributed by atoms with Crippen molar-refractivity contribution in [3.63, 3.8) is 0 Å². The zero-order valence-electron chi connectivity index (χ0n) is 52.7. The van der Waals surface area contributed by atoms with Gasteiger partial charge in [-0.25, -0.2) is 0 Å². The molecule has 0 saturated carbocycles. The molecule has 0 aromatic heterocycles. The quantitative estimate of drug-likeness (QED) is 0.0261. The third-order valence-corrected chi connectivity index (χ3v) is 15.9. The van der Waals surface area contributed by atoms with Crippen LogP contribution in [0.2, 0.25) is 0 Å². The van der Waals surface area contributed by atoms with Crippen molar-refractivity contribution in [2.75, 3.05) is 13.2 Å². The fourth-order valence-electron chi connectivity index (χ4n) is 10.6. The molecule has 0 aromatic rings. The van der Waals surface area contributed by atoms with Gasteiger partial charge in [0.1, 0.15) is 13.2 Å². The molecule has 6 heteroatoms. The molecule has 0 spiro atoms. The van der Waals surface area contributed by atoms with Crippen molar-refractivity contribution in [3.8, 4) is 0 Å². The van der Waals surface area contributed by atoms with Crippen molar-refractivity contribution in [1.82, 2.24) is 0 Å². The molecular formula is C72H134O6. The Bertz CT molecular complexity index is 1300. The van der Waals surface area contributed by atoms with E-state index in [0.717, 1.165) is 70.6 Å². The second kappa shape index (κ2) is 67.1. The van der Waals surface area contributed by atoms with E-state index in [9.17, 15) is 14.4 Å². The molecule has 0 saturated heterocycles. The van der Waals surface area contributed by atoms with Gasteiger partial charge < -0.3 is 14.2 Å². The summed E-state index contributed by atoms with van der Waals surface area (Å²) in [6, 6.07) is 0. The lowest BCUT2D eigenvalue weighted by Gasteiger charge is -2.18. The van der Waals surface area contributed by atoms with E-state index < -0.39 is 6.10 Å². The van der Waals surface area contributed by atoms with Gasteiger partial charge in [0.25, 0.3) is 0 Å². The van der Waals surface area contributed by atoms with Gasteiger partial charge in [-0.3, -0.25) is 14.4 Å². The third-order valence-electron chi connectivity index (χ3n) is 15.9. The molecular weight excluding hydrogens is 961 g/mol. The summed E-state index contributed by atoms with van der Waals surface area (Å²) in [5.41, 5.74) is 0. The lowest BCUT2D eigenvalue weighted by Crippen LogP contribution is -2.30. The highest BCUT2D eigenvalue weighted by molar-refractivity contribution is 5.71. The Labute approximate surface area is 486 Å². The molecule has 0 aromatic carbocycles. The highest BCUT2D eigenvalue weighted by atomic mass is 16.6. The van der Waals surface area contributed by atoms with Crippen molar-refractivity contribution in [2.45, 2.75) is 393 Å². The van der Waals surface area contributed by atoms with E-state index in [4.69, 9.17) is 14.2 Å². The van der Waals surface area contributed by atoms with Gasteiger partial charge in [-0.15, -0.1) is 0 Å². The summed E-state index contributed by atoms with van der Waals surface area (Å²) in [6.45, 7) is 6.67. The monoisotopic (exact) mass is 1100 g/mol. The Kier molecular flexibility index (Phi) is 65.1. The molecule has 0 aliphatic rings. The van der Waals surface area contributed by atoms with Gasteiger partial charge in [-0.2, -0.15) is 0 Å². The molecule has 1 unspecified atom stereocenters. The van der Waals surface area contributed by atoms with E-state index in [1.165, 1.54) is 276 Å². The largest absolute Gasteiger partial charge is 0.462 e. The van der Waals surface area contributed by atoms with Gasteiger partial charge >= 0.3 is 17.9 Å². The van der Waals surface area contributed by atoms with E-state index in [0.29, 0.717) is 19.3 Å². The maximum Gasteiger partial charge on any atom is 0.306 e. The second-order valence-electron chi connectivity index (χ2n) is 23.8. The van der Waals surface area contributed by atoms with Crippen LogP contribution in [0.25, 0.3) is 0 Å². The van der Waals surface area contributed by atoms with Crippen LogP contribution >= 0.6 is 0 Å². The Morgan fingerprint density at radius 1 is 0.256 bits per heavy atom. The molecule has 78 heavy (non-hydrogen) atoms. The van der Waals surface area contributed by atoms with Crippen LogP contribution < -0.4 is 0 Å². The molecule has 458 valence electrons. The van der Waals surface area contributed by atoms with Crippen LogP contribution in [0, 0.1) is 0 Å². The number of esters is 3. The van der Waals surface area contributed by atoms with Crippen molar-refractivity contribution in [1.29, 1.82) is 0 Å². The minimum absolute atomic E-state index is 0.0693. The average molecular weight is 1100 g/mol. The van der Waals surface area contributed by atoms with Gasteiger partial charge in [-0.05, 0) is 77.0 Å². The lowest BCUT2D eigenvalue weighted by molar-refractivity contribution is -0.167. The molecule has 0 aliphatic heterocycles. The van der Waals surface area contributed by atoms with Gasteiger partial charge in [0.2, 0.25) is 0 Å². The van der Waals surface area contributed by atoms with E-state index in [-0.39, 0.29) is 31.1 Å². The third kappa shape index (κ3) is 64.5. The molecule has 0 aliphatic carbocycles. The molecule has 0 fully saturated rings. The minimum atomic E-state index is -0.772. The number of carbonyl (C=O) groups excluding carboxylic acids is 3. The predicted octanol–water partition coefficient (Wildman–Crippen LogP) is 23.9. The normalized spacial score (nSPS) is 12.2. The topological polar surface area (TPSA) is 78.9 Å². The molecule has 0 N–H and O–H groups in total. The van der Waals surface area contributed by atoms with Crippen LogP contribution in [-0.2, 0) is 28.6 Å². The fraction of sp³-hybridized carbons (Fsp3) is 0.875. The first-order valence-corrected chi connectivity index (χ1v) is 35.0. The van der Waals surface area contributed by atoms with E-state index >= 15 is 0 Å². The second-order valence-corrected chi connectivity index (χ2v) is 23.8. The highest BCUT2D eigenvalue weighted by Gasteiger charge is 2.19. The van der Waals surface area contributed by atoms with Crippen LogP contribution in [0.15, 0.2) is 36.5 Å². The zero-order chi connectivity index (χ0) is 56.4. The standard InChI is InChI=1S/C72H134O6/c1-4-7-10-13-16-19-22-25-27-28-29-30-31-32-33-34-35-36-37-38-39-40-41-42-43-44-45-48-50-53-56-59-62-65-71(74)77-68-69(67-76-70(73)64-61-58-55-52-49-46-24-21-18-15-12-9-6-3)78-72(75)66-63-60-57-54-51-47-26-23-20-17-14-11-8-5-2/h22-23,25-26,28-29,69H,4-21,24,27,30-68H2,1-3H3/b25-22-,26-23-,29-28-. The maximum absolute atomic E-state index is 12.9. The number of hydrogen-bond acceptors (Lipinski definition) is 6. The summed E-state index contributed by atoms with van der Waals surface area (Å²) >= 11 is 0. The van der Waals surface area contributed by atoms with E-state index in [1.54, 1.807) is 0 Å². The minimum Gasteiger partial charge on any atom is -0.462 e. The molecule has 1 atom stereocenters. The highest BCUT2D eigenvalue weighted by Crippen LogP contribution is 2.18.